The lowest BCUT2D eigenvalue weighted by Crippen LogP contribution is -2.44. The quantitative estimate of drug-likeness (QED) is 0.761. The molecule has 0 radical (unpaired) electrons. The van der Waals surface area contributed by atoms with Crippen LogP contribution in [0.1, 0.15) is 59.3 Å². The summed E-state index contributed by atoms with van der Waals surface area (Å²) in [6, 6.07) is 0. The minimum Gasteiger partial charge on any atom is -0.316 e. The average Bonchev–Trinajstić information content (AvgIpc) is 2.47. The first-order valence-corrected chi connectivity index (χ1v) is 8.64. The Hall–Kier alpha value is 0.390. The number of rotatable bonds is 3. The van der Waals surface area contributed by atoms with Gasteiger partial charge in [-0.15, -0.1) is 9.24 Å². The molecule has 1 aliphatic carbocycles. The number of hydrogen-bond donors (Lipinski definition) is 1. The van der Waals surface area contributed by atoms with E-state index >= 15 is 0 Å². The summed E-state index contributed by atoms with van der Waals surface area (Å²) in [5.74, 6) is 2.84. The van der Waals surface area contributed by atoms with Gasteiger partial charge < -0.3 is 5.32 Å². The fraction of sp³-hybridized carbons (Fsp3) is 1.00. The van der Waals surface area contributed by atoms with Gasteiger partial charge in [0, 0.05) is 6.54 Å². The van der Waals surface area contributed by atoms with E-state index in [-0.39, 0.29) is 0 Å². The van der Waals surface area contributed by atoms with E-state index in [1.54, 1.807) is 0 Å². The molecule has 4 unspecified atom stereocenters. The van der Waals surface area contributed by atoms with Crippen molar-refractivity contribution in [3.8, 4) is 0 Å². The maximum Gasteiger partial charge on any atom is 0.000783 e. The van der Waals surface area contributed by atoms with E-state index in [0.29, 0.717) is 5.41 Å². The smallest absolute Gasteiger partial charge is 0.000783 e. The molecule has 2 heteroatoms. The third-order valence-electron chi connectivity index (χ3n) is 5.76. The zero-order valence-corrected chi connectivity index (χ0v) is 13.7. The summed E-state index contributed by atoms with van der Waals surface area (Å²) in [7, 11) is 2.99. The number of piperidine rings is 1. The van der Waals surface area contributed by atoms with Gasteiger partial charge in [-0.05, 0) is 61.1 Å². The summed E-state index contributed by atoms with van der Waals surface area (Å²) in [5.41, 5.74) is 1.37. The van der Waals surface area contributed by atoms with Gasteiger partial charge in [-0.2, -0.15) is 0 Å². The first kappa shape index (κ1) is 14.8. The van der Waals surface area contributed by atoms with Crippen molar-refractivity contribution in [2.75, 3.05) is 13.1 Å². The van der Waals surface area contributed by atoms with Gasteiger partial charge in [0.25, 0.3) is 0 Å². The molecule has 1 N–H and O–H groups in total. The van der Waals surface area contributed by atoms with Crippen LogP contribution in [-0.2, 0) is 0 Å². The molecule has 2 aliphatic rings. The maximum absolute atomic E-state index is 3.62. The fourth-order valence-electron chi connectivity index (χ4n) is 4.11. The van der Waals surface area contributed by atoms with E-state index in [9.17, 15) is 0 Å². The molecule has 0 amide bonds. The van der Waals surface area contributed by atoms with Crippen molar-refractivity contribution in [1.29, 1.82) is 0 Å². The Morgan fingerprint density at radius 1 is 1.33 bits per heavy atom. The van der Waals surface area contributed by atoms with Crippen molar-refractivity contribution in [1.82, 2.24) is 5.32 Å². The molecule has 2 fully saturated rings. The number of fused-ring (bicyclic) bond motifs is 1. The largest absolute Gasteiger partial charge is 0.316 e. The highest BCUT2D eigenvalue weighted by molar-refractivity contribution is 7.17. The first-order valence-electron chi connectivity index (χ1n) is 7.97. The van der Waals surface area contributed by atoms with Gasteiger partial charge in [-0.1, -0.05) is 33.6 Å². The maximum atomic E-state index is 3.62. The topological polar surface area (TPSA) is 12.0 Å². The predicted octanol–water partition coefficient (Wildman–Crippen LogP) is 4.08. The van der Waals surface area contributed by atoms with E-state index in [0.717, 1.165) is 23.4 Å². The first-order chi connectivity index (χ1) is 8.51. The van der Waals surface area contributed by atoms with Crippen LogP contribution in [0.3, 0.4) is 0 Å². The van der Waals surface area contributed by atoms with Gasteiger partial charge >= 0.3 is 0 Å². The van der Waals surface area contributed by atoms with E-state index < -0.39 is 0 Å². The van der Waals surface area contributed by atoms with Crippen molar-refractivity contribution in [2.24, 2.45) is 23.2 Å². The molecular formula is C16H32NP. The van der Waals surface area contributed by atoms with Gasteiger partial charge in [-0.3, -0.25) is 0 Å². The summed E-state index contributed by atoms with van der Waals surface area (Å²) in [6.45, 7) is 9.83. The van der Waals surface area contributed by atoms with Crippen molar-refractivity contribution in [3.05, 3.63) is 0 Å². The highest BCUT2D eigenvalue weighted by Gasteiger charge is 2.39. The molecule has 0 aromatic rings. The van der Waals surface area contributed by atoms with Crippen molar-refractivity contribution in [3.63, 3.8) is 0 Å². The molecule has 0 aromatic carbocycles. The van der Waals surface area contributed by atoms with Crippen LogP contribution in [0.4, 0.5) is 0 Å². The zero-order chi connectivity index (χ0) is 13.2. The molecule has 1 saturated heterocycles. The Bertz CT molecular complexity index is 266. The molecule has 2 rings (SSSR count). The van der Waals surface area contributed by atoms with Crippen LogP contribution in [0.25, 0.3) is 0 Å². The minimum atomic E-state index is 0.600. The van der Waals surface area contributed by atoms with Crippen molar-refractivity contribution in [2.45, 2.75) is 65.0 Å². The van der Waals surface area contributed by atoms with Crippen molar-refractivity contribution < 1.29 is 0 Å². The molecule has 0 aromatic heterocycles. The molecule has 1 heterocycles. The molecule has 1 nitrogen and oxygen atoms in total. The van der Waals surface area contributed by atoms with Gasteiger partial charge in [-0.25, -0.2) is 0 Å². The highest BCUT2D eigenvalue weighted by atomic mass is 31.0. The fourth-order valence-corrected chi connectivity index (χ4v) is 4.26. The number of hydrogen-bond acceptors (Lipinski definition) is 1. The molecule has 6 atom stereocenters. The van der Waals surface area contributed by atoms with E-state index in [1.165, 1.54) is 51.6 Å². The molecule has 1 aliphatic heterocycles. The summed E-state index contributed by atoms with van der Waals surface area (Å²) in [6.07, 6.45) is 8.75. The van der Waals surface area contributed by atoms with Crippen molar-refractivity contribution >= 4 is 9.24 Å². The summed E-state index contributed by atoms with van der Waals surface area (Å²) < 4.78 is 0. The summed E-state index contributed by atoms with van der Waals surface area (Å²) in [5, 5.41) is 3.62. The summed E-state index contributed by atoms with van der Waals surface area (Å²) in [4.78, 5) is 0. The van der Waals surface area contributed by atoms with Crippen LogP contribution in [0.5, 0.6) is 0 Å². The predicted molar refractivity (Wildman–Crippen MR) is 84.0 cm³/mol. The molecule has 0 spiro atoms. The molecular weight excluding hydrogens is 237 g/mol. The van der Waals surface area contributed by atoms with Crippen LogP contribution in [-0.4, -0.2) is 18.7 Å². The van der Waals surface area contributed by atoms with E-state index in [4.69, 9.17) is 0 Å². The van der Waals surface area contributed by atoms with Crippen LogP contribution in [0, 0.1) is 23.2 Å². The second-order valence-electron chi connectivity index (χ2n) is 7.38. The lowest BCUT2D eigenvalue weighted by molar-refractivity contribution is 0.113. The molecule has 0 bridgehead atoms. The second kappa shape index (κ2) is 6.23. The highest BCUT2D eigenvalue weighted by Crippen LogP contribution is 2.45. The zero-order valence-electron chi connectivity index (χ0n) is 12.5. The van der Waals surface area contributed by atoms with Crippen LogP contribution in [0.15, 0.2) is 0 Å². The Morgan fingerprint density at radius 3 is 2.83 bits per heavy atom. The van der Waals surface area contributed by atoms with Crippen LogP contribution >= 0.6 is 9.24 Å². The third-order valence-corrected chi connectivity index (χ3v) is 6.42. The van der Waals surface area contributed by atoms with Gasteiger partial charge in [0.2, 0.25) is 0 Å². The van der Waals surface area contributed by atoms with Gasteiger partial charge in [0.1, 0.15) is 0 Å². The lowest BCUT2D eigenvalue weighted by atomic mass is 9.69. The lowest BCUT2D eigenvalue weighted by Gasteiger charge is -2.41. The number of nitrogens with one attached hydrogen (secondary N) is 1. The van der Waals surface area contributed by atoms with E-state index in [1.807, 2.05) is 0 Å². The summed E-state index contributed by atoms with van der Waals surface area (Å²) >= 11 is 0. The Labute approximate surface area is 116 Å². The van der Waals surface area contributed by atoms with Crippen LogP contribution in [0.2, 0.25) is 0 Å². The normalized spacial score (nSPS) is 40.7. The molecule has 1 saturated carbocycles. The van der Waals surface area contributed by atoms with Gasteiger partial charge in [0.15, 0.2) is 0 Å². The Kier molecular flexibility index (Phi) is 5.12. The van der Waals surface area contributed by atoms with Crippen LogP contribution < -0.4 is 5.32 Å². The Morgan fingerprint density at radius 2 is 2.11 bits per heavy atom. The Balaban J connectivity index is 1.95. The monoisotopic (exact) mass is 269 g/mol. The van der Waals surface area contributed by atoms with E-state index in [2.05, 4.69) is 35.3 Å². The average molecular weight is 269 g/mol. The molecule has 18 heavy (non-hydrogen) atoms. The second-order valence-corrected chi connectivity index (χ2v) is 8.43. The van der Waals surface area contributed by atoms with Gasteiger partial charge in [0.05, 0.1) is 0 Å². The SMILES string of the molecule is CC(P)C(C)CC1CCC[C@]2(C)CNCC[C@@H]2C1. The third kappa shape index (κ3) is 3.48. The standard InChI is InChI=1S/C16H32NP/c1-12(13(2)18)9-14-5-4-7-16(3)11-17-8-6-15(16)10-14/h12-15,17H,4-11,18H2,1-3H3/t12?,13?,14?,15-,16-/m1/s1. The molecule has 106 valence electrons. The minimum absolute atomic E-state index is 0.600.